The maximum absolute atomic E-state index is 13.9. The minimum atomic E-state index is -0.989. The summed E-state index contributed by atoms with van der Waals surface area (Å²) < 4.78 is 17.3. The summed E-state index contributed by atoms with van der Waals surface area (Å²) in [5.74, 6) is -0.924. The number of carbonyl (C=O) groups excluding carboxylic acids is 4. The smallest absolute Gasteiger partial charge is 0.336 e. The number of ether oxygens (including phenoxy) is 3. The highest BCUT2D eigenvalue weighted by Crippen LogP contribution is 2.62. The van der Waals surface area contributed by atoms with Gasteiger partial charge in [-0.3, -0.25) is 19.3 Å². The van der Waals surface area contributed by atoms with Gasteiger partial charge in [0.25, 0.3) is 0 Å². The van der Waals surface area contributed by atoms with Crippen LogP contribution in [-0.2, 0) is 33.4 Å². The Balaban J connectivity index is 1.73. The van der Waals surface area contributed by atoms with Gasteiger partial charge in [-0.1, -0.05) is 12.5 Å². The van der Waals surface area contributed by atoms with Crippen molar-refractivity contribution in [3.05, 3.63) is 22.3 Å². The Bertz CT molecular complexity index is 1050. The monoisotopic (exact) mass is 485 g/mol. The quantitative estimate of drug-likeness (QED) is 0.433. The van der Waals surface area contributed by atoms with E-state index in [9.17, 15) is 19.2 Å². The second kappa shape index (κ2) is 8.66. The van der Waals surface area contributed by atoms with E-state index in [1.165, 1.54) is 14.0 Å². The minimum absolute atomic E-state index is 0.0815. The molecule has 0 bridgehead atoms. The van der Waals surface area contributed by atoms with Crippen LogP contribution in [0.4, 0.5) is 0 Å². The summed E-state index contributed by atoms with van der Waals surface area (Å²) in [7, 11) is 1.54. The van der Waals surface area contributed by atoms with E-state index in [0.29, 0.717) is 37.0 Å². The molecular formula is C27H35NO7. The second-order valence-electron chi connectivity index (χ2n) is 11.2. The number of Topliss-reactive ketones (excluding diaryl/α,β-unsaturated/α-hetero) is 2. The number of nitrogens with zero attached hydrogens (tertiary/aromatic N) is 1. The average Bonchev–Trinajstić information content (AvgIpc) is 3.39. The van der Waals surface area contributed by atoms with E-state index in [-0.39, 0.29) is 30.5 Å². The molecule has 8 heteroatoms. The van der Waals surface area contributed by atoms with Gasteiger partial charge >= 0.3 is 11.9 Å². The molecule has 3 aliphatic carbocycles. The largest absolute Gasteiger partial charge is 0.458 e. The van der Waals surface area contributed by atoms with Crippen molar-refractivity contribution in [1.82, 2.24) is 4.90 Å². The van der Waals surface area contributed by atoms with Crippen molar-refractivity contribution in [1.29, 1.82) is 0 Å². The van der Waals surface area contributed by atoms with Gasteiger partial charge in [0, 0.05) is 50.8 Å². The van der Waals surface area contributed by atoms with Crippen molar-refractivity contribution in [3.63, 3.8) is 0 Å². The Kier molecular flexibility index (Phi) is 6.03. The van der Waals surface area contributed by atoms with Crippen LogP contribution in [0.2, 0.25) is 0 Å². The zero-order valence-corrected chi connectivity index (χ0v) is 21.1. The number of carbonyl (C=O) groups is 4. The Hall–Kier alpha value is -2.32. The van der Waals surface area contributed by atoms with Crippen LogP contribution in [0.25, 0.3) is 0 Å². The molecule has 0 radical (unpaired) electrons. The fourth-order valence-corrected chi connectivity index (χ4v) is 7.54. The van der Waals surface area contributed by atoms with Crippen molar-refractivity contribution < 1.29 is 33.4 Å². The van der Waals surface area contributed by atoms with Crippen LogP contribution < -0.4 is 0 Å². The molecule has 2 fully saturated rings. The van der Waals surface area contributed by atoms with Gasteiger partial charge in [0.1, 0.15) is 18.0 Å². The van der Waals surface area contributed by atoms with E-state index in [1.54, 1.807) is 0 Å². The molecular weight excluding hydrogens is 450 g/mol. The van der Waals surface area contributed by atoms with Crippen molar-refractivity contribution in [2.45, 2.75) is 71.5 Å². The molecule has 0 spiro atoms. The number of rotatable bonds is 5. The molecule has 0 amide bonds. The van der Waals surface area contributed by atoms with Crippen LogP contribution in [0.5, 0.6) is 0 Å². The molecule has 1 saturated heterocycles. The van der Waals surface area contributed by atoms with Crippen molar-refractivity contribution in [3.8, 4) is 0 Å². The Morgan fingerprint density at radius 3 is 2.54 bits per heavy atom. The first kappa shape index (κ1) is 24.4. The SMILES string of the molecule is COCC1OC(=O)C(CN2CCCC2)=C2C(=O)CC3=C(C(OC(C)=O)CC4(C)C(=O)CCC34)C21C. The number of cyclic esters (lactones) is 1. The molecule has 2 aliphatic heterocycles. The van der Waals surface area contributed by atoms with Gasteiger partial charge in [-0.15, -0.1) is 0 Å². The number of methoxy groups -OCH3 is 1. The summed E-state index contributed by atoms with van der Waals surface area (Å²) in [6.45, 7) is 7.48. The van der Waals surface area contributed by atoms with Gasteiger partial charge in [0.15, 0.2) is 5.78 Å². The molecule has 5 aliphatic rings. The third-order valence-corrected chi connectivity index (χ3v) is 9.12. The maximum atomic E-state index is 13.9. The van der Waals surface area contributed by atoms with E-state index >= 15 is 0 Å². The van der Waals surface area contributed by atoms with Crippen LogP contribution in [-0.4, -0.2) is 74.0 Å². The molecule has 5 unspecified atom stereocenters. The van der Waals surface area contributed by atoms with Gasteiger partial charge in [-0.2, -0.15) is 0 Å². The zero-order valence-electron chi connectivity index (χ0n) is 21.1. The maximum Gasteiger partial charge on any atom is 0.336 e. The highest BCUT2D eigenvalue weighted by molar-refractivity contribution is 6.09. The standard InChI is InChI=1S/C27H35NO7/c1-15(29)34-20-12-26(2)18(7-8-21(26)31)16-11-19(30)23-17(13-28-9-5-6-10-28)25(32)35-22(14-33-4)27(23,3)24(16)20/h18,20,22H,5-14H2,1-4H3. The van der Waals surface area contributed by atoms with Gasteiger partial charge in [0.2, 0.25) is 0 Å². The first-order chi connectivity index (χ1) is 16.6. The molecule has 2 heterocycles. The van der Waals surface area contributed by atoms with Gasteiger partial charge < -0.3 is 14.2 Å². The normalized spacial score (nSPS) is 37.3. The zero-order chi connectivity index (χ0) is 25.1. The van der Waals surface area contributed by atoms with E-state index in [0.717, 1.165) is 37.1 Å². The number of hydrogen-bond acceptors (Lipinski definition) is 8. The number of likely N-dealkylation sites (tertiary alicyclic amines) is 1. The van der Waals surface area contributed by atoms with Gasteiger partial charge in [-0.05, 0) is 50.8 Å². The Labute approximate surface area is 206 Å². The van der Waals surface area contributed by atoms with Crippen LogP contribution in [0.15, 0.2) is 22.3 Å². The summed E-state index contributed by atoms with van der Waals surface area (Å²) >= 11 is 0. The molecule has 190 valence electrons. The highest BCUT2D eigenvalue weighted by Gasteiger charge is 2.63. The topological polar surface area (TPSA) is 99.2 Å². The lowest BCUT2D eigenvalue weighted by Crippen LogP contribution is -2.57. The summed E-state index contributed by atoms with van der Waals surface area (Å²) in [5, 5.41) is 0. The second-order valence-corrected chi connectivity index (χ2v) is 11.2. The fourth-order valence-electron chi connectivity index (χ4n) is 7.54. The molecule has 35 heavy (non-hydrogen) atoms. The minimum Gasteiger partial charge on any atom is -0.458 e. The molecule has 0 aromatic carbocycles. The molecule has 5 atom stereocenters. The van der Waals surface area contributed by atoms with Crippen molar-refractivity contribution in [2.75, 3.05) is 33.4 Å². The average molecular weight is 486 g/mol. The van der Waals surface area contributed by atoms with E-state index < -0.39 is 35.0 Å². The van der Waals surface area contributed by atoms with Crippen molar-refractivity contribution >= 4 is 23.5 Å². The first-order valence-electron chi connectivity index (χ1n) is 12.7. The fraction of sp³-hybridized carbons (Fsp3) is 0.704. The summed E-state index contributed by atoms with van der Waals surface area (Å²) in [6, 6.07) is 0. The van der Waals surface area contributed by atoms with E-state index in [4.69, 9.17) is 14.2 Å². The molecule has 5 rings (SSSR count). The van der Waals surface area contributed by atoms with Crippen LogP contribution in [0.3, 0.4) is 0 Å². The molecule has 8 nitrogen and oxygen atoms in total. The van der Waals surface area contributed by atoms with Crippen LogP contribution in [0.1, 0.15) is 59.3 Å². The van der Waals surface area contributed by atoms with Gasteiger partial charge in [0.05, 0.1) is 17.6 Å². The molecule has 1 saturated carbocycles. The van der Waals surface area contributed by atoms with E-state index in [2.05, 4.69) is 4.90 Å². The lowest BCUT2D eigenvalue weighted by molar-refractivity contribution is -0.161. The predicted molar refractivity (Wildman–Crippen MR) is 125 cm³/mol. The number of esters is 2. The van der Waals surface area contributed by atoms with Crippen LogP contribution >= 0.6 is 0 Å². The Morgan fingerprint density at radius 2 is 1.89 bits per heavy atom. The third-order valence-electron chi connectivity index (χ3n) is 9.12. The summed E-state index contributed by atoms with van der Waals surface area (Å²) in [4.78, 5) is 54.6. The number of fused-ring (bicyclic) bond motifs is 4. The molecule has 0 N–H and O–H groups in total. The molecule has 0 aromatic rings. The van der Waals surface area contributed by atoms with Crippen LogP contribution in [0, 0.1) is 16.7 Å². The third kappa shape index (κ3) is 3.63. The summed E-state index contributed by atoms with van der Waals surface area (Å²) in [5.41, 5.74) is 0.968. The van der Waals surface area contributed by atoms with Crippen molar-refractivity contribution in [2.24, 2.45) is 16.7 Å². The molecule has 0 aromatic heterocycles. The lowest BCUT2D eigenvalue weighted by atomic mass is 9.53. The number of hydrogen-bond donors (Lipinski definition) is 0. The highest BCUT2D eigenvalue weighted by atomic mass is 16.6. The number of ketones is 2. The van der Waals surface area contributed by atoms with E-state index in [1.807, 2.05) is 13.8 Å². The first-order valence-corrected chi connectivity index (χ1v) is 12.7. The number of allylic oxidation sites excluding steroid dienone is 1. The summed E-state index contributed by atoms with van der Waals surface area (Å²) in [6.07, 6.45) is 2.38. The Morgan fingerprint density at radius 1 is 1.17 bits per heavy atom. The lowest BCUT2D eigenvalue weighted by Gasteiger charge is -2.53. The van der Waals surface area contributed by atoms with Gasteiger partial charge in [-0.25, -0.2) is 4.79 Å². The predicted octanol–water partition coefficient (Wildman–Crippen LogP) is 2.55.